The van der Waals surface area contributed by atoms with Crippen molar-refractivity contribution in [2.24, 2.45) is 5.92 Å². The van der Waals surface area contributed by atoms with E-state index in [4.69, 9.17) is 0 Å². The Morgan fingerprint density at radius 3 is 2.26 bits per heavy atom. The molecular weight excluding hydrogens is 261 g/mol. The fourth-order valence-corrected chi connectivity index (χ4v) is 1.57. The Labute approximate surface area is 108 Å². The molecule has 0 aromatic heterocycles. The number of rotatable bonds is 5. The minimum absolute atomic E-state index is 0.0741. The van der Waals surface area contributed by atoms with Crippen molar-refractivity contribution in [3.05, 3.63) is 35.9 Å². The molecule has 0 saturated heterocycles. The molecule has 3 nitrogen and oxygen atoms in total. The monoisotopic (exact) mass is 274 g/mol. The third kappa shape index (κ3) is 4.39. The smallest absolute Gasteiger partial charge is 0.450 e. The maximum Gasteiger partial charge on any atom is 0.450 e. The average Bonchev–Trinajstić information content (AvgIpc) is 2.35. The number of alkyl halides is 3. The first-order chi connectivity index (χ1) is 8.86. The molecule has 0 aliphatic rings. The second-order valence-corrected chi connectivity index (χ2v) is 3.86. The van der Waals surface area contributed by atoms with Gasteiger partial charge in [-0.05, 0) is 18.9 Å². The third-order valence-corrected chi connectivity index (χ3v) is 2.45. The highest BCUT2D eigenvalue weighted by Crippen LogP contribution is 2.24. The van der Waals surface area contributed by atoms with Crippen LogP contribution in [-0.4, -0.2) is 24.5 Å². The van der Waals surface area contributed by atoms with Crippen molar-refractivity contribution in [3.8, 4) is 0 Å². The lowest BCUT2D eigenvalue weighted by Crippen LogP contribution is -2.37. The summed E-state index contributed by atoms with van der Waals surface area (Å²) in [4.78, 5) is 22.8. The number of hydrogen-bond acceptors (Lipinski definition) is 3. The van der Waals surface area contributed by atoms with E-state index in [1.165, 1.54) is 6.92 Å². The van der Waals surface area contributed by atoms with Crippen LogP contribution in [0.15, 0.2) is 30.3 Å². The summed E-state index contributed by atoms with van der Waals surface area (Å²) >= 11 is 0. The summed E-state index contributed by atoms with van der Waals surface area (Å²) in [5.41, 5.74) is 0.471. The number of esters is 1. The van der Waals surface area contributed by atoms with Crippen molar-refractivity contribution in [2.45, 2.75) is 19.5 Å². The van der Waals surface area contributed by atoms with Crippen molar-refractivity contribution in [1.29, 1.82) is 0 Å². The van der Waals surface area contributed by atoms with Gasteiger partial charge in [-0.3, -0.25) is 9.59 Å². The van der Waals surface area contributed by atoms with Gasteiger partial charge in [0.15, 0.2) is 0 Å². The quantitative estimate of drug-likeness (QED) is 0.612. The van der Waals surface area contributed by atoms with Crippen molar-refractivity contribution >= 4 is 11.8 Å². The second kappa shape index (κ2) is 6.36. The normalized spacial score (nSPS) is 12.8. The van der Waals surface area contributed by atoms with E-state index >= 15 is 0 Å². The first-order valence-corrected chi connectivity index (χ1v) is 5.67. The summed E-state index contributed by atoms with van der Waals surface area (Å²) in [6.07, 6.45) is -5.37. The summed E-state index contributed by atoms with van der Waals surface area (Å²) in [6.45, 7) is 1.39. The number of hydrogen-bond donors (Lipinski definition) is 0. The molecule has 0 N–H and O–H groups in total. The van der Waals surface area contributed by atoms with Gasteiger partial charge in [-0.15, -0.1) is 0 Å². The number of ether oxygens (including phenoxy) is 1. The Morgan fingerprint density at radius 1 is 1.21 bits per heavy atom. The SMILES string of the molecule is CCOC(=O)C(Cc1ccccc1)C(=O)C(F)(F)F. The van der Waals surface area contributed by atoms with Crippen LogP contribution >= 0.6 is 0 Å². The molecule has 0 aliphatic carbocycles. The molecular formula is C13H13F3O3. The van der Waals surface area contributed by atoms with Crippen molar-refractivity contribution < 1.29 is 27.5 Å². The van der Waals surface area contributed by atoms with Crippen LogP contribution < -0.4 is 0 Å². The molecule has 104 valence electrons. The topological polar surface area (TPSA) is 43.4 Å². The zero-order chi connectivity index (χ0) is 14.5. The van der Waals surface area contributed by atoms with Crippen molar-refractivity contribution in [3.63, 3.8) is 0 Å². The molecule has 1 rings (SSSR count). The Balaban J connectivity index is 2.93. The van der Waals surface area contributed by atoms with Crippen LogP contribution in [0.25, 0.3) is 0 Å². The maximum atomic E-state index is 12.4. The van der Waals surface area contributed by atoms with Crippen LogP contribution in [0, 0.1) is 5.92 Å². The van der Waals surface area contributed by atoms with Gasteiger partial charge in [0.05, 0.1) is 6.61 Å². The summed E-state index contributed by atoms with van der Waals surface area (Å²) in [5, 5.41) is 0. The Hall–Kier alpha value is -1.85. The van der Waals surface area contributed by atoms with Gasteiger partial charge in [0, 0.05) is 0 Å². The lowest BCUT2D eigenvalue weighted by molar-refractivity contribution is -0.180. The van der Waals surface area contributed by atoms with E-state index in [1.807, 2.05) is 0 Å². The van der Waals surface area contributed by atoms with Crippen LogP contribution in [0.3, 0.4) is 0 Å². The molecule has 0 heterocycles. The Morgan fingerprint density at radius 2 is 1.79 bits per heavy atom. The molecule has 1 atom stereocenters. The molecule has 0 radical (unpaired) electrons. The average molecular weight is 274 g/mol. The van der Waals surface area contributed by atoms with Crippen LogP contribution in [-0.2, 0) is 20.7 Å². The Bertz CT molecular complexity index is 440. The van der Waals surface area contributed by atoms with Crippen LogP contribution in [0.2, 0.25) is 0 Å². The molecule has 0 aliphatic heterocycles. The zero-order valence-corrected chi connectivity index (χ0v) is 10.2. The summed E-state index contributed by atoms with van der Waals surface area (Å²) in [5.74, 6) is -5.06. The van der Waals surface area contributed by atoms with Gasteiger partial charge in [0.1, 0.15) is 5.92 Å². The molecule has 0 amide bonds. The number of Topliss-reactive ketones (excluding diaryl/α,β-unsaturated/α-hetero) is 1. The molecule has 1 aromatic carbocycles. The fourth-order valence-electron chi connectivity index (χ4n) is 1.57. The minimum atomic E-state index is -5.05. The lowest BCUT2D eigenvalue weighted by Gasteiger charge is -2.16. The van der Waals surface area contributed by atoms with Crippen LogP contribution in [0.5, 0.6) is 0 Å². The van der Waals surface area contributed by atoms with E-state index in [9.17, 15) is 22.8 Å². The van der Waals surface area contributed by atoms with E-state index in [2.05, 4.69) is 4.74 Å². The van der Waals surface area contributed by atoms with E-state index < -0.39 is 23.8 Å². The molecule has 1 aromatic rings. The van der Waals surface area contributed by atoms with Crippen molar-refractivity contribution in [2.75, 3.05) is 6.61 Å². The maximum absolute atomic E-state index is 12.4. The fraction of sp³-hybridized carbons (Fsp3) is 0.385. The van der Waals surface area contributed by atoms with Gasteiger partial charge in [0.2, 0.25) is 0 Å². The van der Waals surface area contributed by atoms with Gasteiger partial charge in [0.25, 0.3) is 5.78 Å². The lowest BCUT2D eigenvalue weighted by atomic mass is 9.95. The van der Waals surface area contributed by atoms with Gasteiger partial charge >= 0.3 is 12.1 Å². The standard InChI is InChI=1S/C13H13F3O3/c1-2-19-12(18)10(11(17)13(14,15)16)8-9-6-4-3-5-7-9/h3-7,10H,2,8H2,1H3. The number of halogens is 3. The van der Waals surface area contributed by atoms with Gasteiger partial charge in [-0.25, -0.2) is 0 Å². The number of ketones is 1. The minimum Gasteiger partial charge on any atom is -0.465 e. The molecule has 0 fully saturated rings. The van der Waals surface area contributed by atoms with Gasteiger partial charge in [-0.2, -0.15) is 13.2 Å². The first kappa shape index (κ1) is 15.2. The highest BCUT2D eigenvalue weighted by molar-refractivity contribution is 6.02. The number of carbonyl (C=O) groups excluding carboxylic acids is 2. The van der Waals surface area contributed by atoms with E-state index in [0.717, 1.165) is 0 Å². The molecule has 0 bridgehead atoms. The van der Waals surface area contributed by atoms with Gasteiger partial charge < -0.3 is 4.74 Å². The highest BCUT2D eigenvalue weighted by Gasteiger charge is 2.46. The molecule has 19 heavy (non-hydrogen) atoms. The summed E-state index contributed by atoms with van der Waals surface area (Å²) < 4.78 is 41.9. The summed E-state index contributed by atoms with van der Waals surface area (Å²) in [7, 11) is 0. The zero-order valence-electron chi connectivity index (χ0n) is 10.2. The predicted molar refractivity (Wildman–Crippen MR) is 61.3 cm³/mol. The van der Waals surface area contributed by atoms with E-state index in [0.29, 0.717) is 5.56 Å². The van der Waals surface area contributed by atoms with Crippen molar-refractivity contribution in [1.82, 2.24) is 0 Å². The molecule has 0 saturated carbocycles. The second-order valence-electron chi connectivity index (χ2n) is 3.86. The number of carbonyl (C=O) groups is 2. The van der Waals surface area contributed by atoms with E-state index in [1.54, 1.807) is 30.3 Å². The highest BCUT2D eigenvalue weighted by atomic mass is 19.4. The number of benzene rings is 1. The predicted octanol–water partition coefficient (Wildman–Crippen LogP) is 2.54. The molecule has 6 heteroatoms. The third-order valence-electron chi connectivity index (χ3n) is 2.45. The molecule has 1 unspecified atom stereocenters. The van der Waals surface area contributed by atoms with Crippen LogP contribution in [0.4, 0.5) is 13.2 Å². The Kier molecular flexibility index (Phi) is 5.09. The first-order valence-electron chi connectivity index (χ1n) is 5.67. The van der Waals surface area contributed by atoms with Crippen LogP contribution in [0.1, 0.15) is 12.5 Å². The van der Waals surface area contributed by atoms with E-state index in [-0.39, 0.29) is 13.0 Å². The molecule has 0 spiro atoms. The summed E-state index contributed by atoms with van der Waals surface area (Å²) in [6, 6.07) is 8.03. The largest absolute Gasteiger partial charge is 0.465 e. The van der Waals surface area contributed by atoms with Gasteiger partial charge in [-0.1, -0.05) is 30.3 Å².